The lowest BCUT2D eigenvalue weighted by molar-refractivity contribution is -0.151. The maximum Gasteiger partial charge on any atom is 0.548 e. The van der Waals surface area contributed by atoms with E-state index < -0.39 is 67.2 Å². The molecule has 1 unspecified atom stereocenters. The fraction of sp³-hybridized carbons (Fsp3) is 0.467. The van der Waals surface area contributed by atoms with Gasteiger partial charge in [-0.15, -0.1) is 0 Å². The van der Waals surface area contributed by atoms with Gasteiger partial charge in [0, 0.05) is 26.1 Å². The molecule has 0 aliphatic carbocycles. The molecule has 0 fully saturated rings. The van der Waals surface area contributed by atoms with Gasteiger partial charge in [-0.25, -0.2) is 4.98 Å². The number of carbonyl (C=O) groups excluding carboxylic acids is 5. The van der Waals surface area contributed by atoms with Gasteiger partial charge in [0.05, 0.1) is 37.2 Å². The van der Waals surface area contributed by atoms with Crippen molar-refractivity contribution < 1.29 is 43.5 Å². The first kappa shape index (κ1) is 35.9. The smallest absolute Gasteiger partial charge is 0.508 e. The van der Waals surface area contributed by atoms with Crippen LogP contribution in [0.4, 0.5) is 0 Å². The number of amides is 3. The van der Waals surface area contributed by atoms with Gasteiger partial charge in [-0.05, 0) is 31.4 Å². The van der Waals surface area contributed by atoms with Gasteiger partial charge < -0.3 is 35.1 Å². The van der Waals surface area contributed by atoms with Gasteiger partial charge in [-0.2, -0.15) is 0 Å². The predicted molar refractivity (Wildman–Crippen MR) is 161 cm³/mol. The Hall–Kier alpha value is -4.30. The summed E-state index contributed by atoms with van der Waals surface area (Å²) in [5.41, 5.74) is 1.34. The number of nitrogens with one attached hydrogen (secondary N) is 2. The van der Waals surface area contributed by atoms with Gasteiger partial charge in [0.25, 0.3) is 11.9 Å². The lowest BCUT2D eigenvalue weighted by Gasteiger charge is -2.27. The Morgan fingerprint density at radius 3 is 2.18 bits per heavy atom. The number of methoxy groups -OCH3 is 1. The molecule has 0 spiro atoms. The molecular formula is C30H41BN4O9. The molecule has 0 saturated carbocycles. The molecule has 1 aromatic heterocycles. The van der Waals surface area contributed by atoms with Crippen LogP contribution in [0.15, 0.2) is 48.5 Å². The second kappa shape index (κ2) is 17.1. The molecule has 0 aliphatic heterocycles. The standard InChI is InChI=1S/C30H41BN4O9/c1-18(2)15-24(31(42)44-30(41)21(17-26(38)43-6)16-25(37)35(4)5)33-29(40)27(19(3)36)34-28(39)23-14-10-13-22(32-23)20-11-8-7-9-12-20/h7-14,18-19,21,24,27,36,42H,15-17H2,1-6H3,(H,33,40)(H,34,39)/t19-,21?,24+,27+/m1/s1. The van der Waals surface area contributed by atoms with Crippen molar-refractivity contribution in [2.24, 2.45) is 11.8 Å². The van der Waals surface area contributed by atoms with E-state index in [1.165, 1.54) is 32.0 Å². The number of hydrogen-bond donors (Lipinski definition) is 4. The molecule has 4 atom stereocenters. The Labute approximate surface area is 257 Å². The number of benzene rings is 1. The summed E-state index contributed by atoms with van der Waals surface area (Å²) in [6.07, 6.45) is -2.04. The summed E-state index contributed by atoms with van der Waals surface area (Å²) < 4.78 is 9.83. The van der Waals surface area contributed by atoms with E-state index in [0.717, 1.165) is 12.7 Å². The molecule has 0 bridgehead atoms. The molecule has 0 aliphatic rings. The van der Waals surface area contributed by atoms with E-state index in [-0.39, 0.29) is 24.5 Å². The normalized spacial score (nSPS) is 13.6. The zero-order valence-corrected chi connectivity index (χ0v) is 25.9. The number of nitrogens with zero attached hydrogens (tertiary/aromatic N) is 2. The summed E-state index contributed by atoms with van der Waals surface area (Å²) in [6.45, 7) is 4.93. The zero-order valence-electron chi connectivity index (χ0n) is 25.9. The van der Waals surface area contributed by atoms with Gasteiger partial charge in [0.2, 0.25) is 11.8 Å². The lowest BCUT2D eigenvalue weighted by atomic mass is 9.74. The highest BCUT2D eigenvalue weighted by Crippen LogP contribution is 2.18. The van der Waals surface area contributed by atoms with Crippen LogP contribution in [0.1, 0.15) is 50.5 Å². The van der Waals surface area contributed by atoms with Crippen LogP contribution in [0.5, 0.6) is 0 Å². The highest BCUT2D eigenvalue weighted by atomic mass is 16.6. The van der Waals surface area contributed by atoms with Crippen LogP contribution in [0.2, 0.25) is 0 Å². The number of aliphatic hydroxyl groups is 1. The summed E-state index contributed by atoms with van der Waals surface area (Å²) in [7, 11) is 2.23. The summed E-state index contributed by atoms with van der Waals surface area (Å²) in [5.74, 6) is -6.30. The van der Waals surface area contributed by atoms with Crippen LogP contribution in [0.25, 0.3) is 11.3 Å². The van der Waals surface area contributed by atoms with Crippen LogP contribution >= 0.6 is 0 Å². The number of hydrogen-bond acceptors (Lipinski definition) is 10. The van der Waals surface area contributed by atoms with E-state index in [9.17, 15) is 34.1 Å². The maximum absolute atomic E-state index is 13.3. The number of pyridine rings is 1. The molecule has 238 valence electrons. The minimum Gasteiger partial charge on any atom is -0.508 e. The summed E-state index contributed by atoms with van der Waals surface area (Å²) in [5, 5.41) is 26.3. The average Bonchev–Trinajstić information content (AvgIpc) is 2.98. The first-order valence-corrected chi connectivity index (χ1v) is 14.2. The Morgan fingerprint density at radius 1 is 0.955 bits per heavy atom. The fourth-order valence-electron chi connectivity index (χ4n) is 4.19. The van der Waals surface area contributed by atoms with E-state index in [2.05, 4.69) is 20.4 Å². The van der Waals surface area contributed by atoms with Crippen LogP contribution in [-0.2, 0) is 28.6 Å². The van der Waals surface area contributed by atoms with Crippen molar-refractivity contribution in [2.75, 3.05) is 21.2 Å². The van der Waals surface area contributed by atoms with Gasteiger partial charge in [0.1, 0.15) is 11.7 Å². The highest BCUT2D eigenvalue weighted by molar-refractivity contribution is 6.47. The number of carbonyl (C=O) groups is 5. The Balaban J connectivity index is 2.19. The van der Waals surface area contributed by atoms with Crippen LogP contribution in [0, 0.1) is 11.8 Å². The van der Waals surface area contributed by atoms with Crippen molar-refractivity contribution in [2.45, 2.75) is 58.1 Å². The molecule has 14 heteroatoms. The van der Waals surface area contributed by atoms with E-state index in [0.29, 0.717) is 5.69 Å². The quantitative estimate of drug-likeness (QED) is 0.167. The third-order valence-electron chi connectivity index (χ3n) is 6.63. The number of esters is 1. The molecule has 0 radical (unpaired) electrons. The SMILES string of the molecule is COC(=O)CC(CC(=O)N(C)C)C(=O)OB(O)[C@H](CC(C)C)NC(=O)[C@@H](NC(=O)c1cccc(-c2ccccc2)n1)[C@@H](C)O. The van der Waals surface area contributed by atoms with Crippen LogP contribution in [-0.4, -0.2) is 96.1 Å². The summed E-state index contributed by atoms with van der Waals surface area (Å²) in [4.78, 5) is 69.0. The second-order valence-electron chi connectivity index (χ2n) is 11.0. The molecule has 2 rings (SSSR count). The number of aliphatic hydroxyl groups excluding tert-OH is 1. The topological polar surface area (TPSA) is 184 Å². The Kier molecular flexibility index (Phi) is 14.0. The molecule has 1 aromatic carbocycles. The molecule has 44 heavy (non-hydrogen) atoms. The van der Waals surface area contributed by atoms with Gasteiger partial charge in [-0.1, -0.05) is 50.2 Å². The highest BCUT2D eigenvalue weighted by Gasteiger charge is 2.38. The van der Waals surface area contributed by atoms with Crippen LogP contribution < -0.4 is 10.6 Å². The van der Waals surface area contributed by atoms with Gasteiger partial charge in [0.15, 0.2) is 0 Å². The predicted octanol–water partition coefficient (Wildman–Crippen LogP) is 0.979. The third-order valence-corrected chi connectivity index (χ3v) is 6.63. The Bertz CT molecular complexity index is 1290. The van der Waals surface area contributed by atoms with Crippen molar-refractivity contribution in [3.63, 3.8) is 0 Å². The van der Waals surface area contributed by atoms with Gasteiger partial charge in [-0.3, -0.25) is 24.0 Å². The van der Waals surface area contributed by atoms with Crippen molar-refractivity contribution in [1.29, 1.82) is 0 Å². The van der Waals surface area contributed by atoms with Crippen LogP contribution in [0.3, 0.4) is 0 Å². The largest absolute Gasteiger partial charge is 0.548 e. The van der Waals surface area contributed by atoms with Crippen molar-refractivity contribution >= 4 is 36.8 Å². The molecular weight excluding hydrogens is 571 g/mol. The number of aromatic nitrogens is 1. The molecule has 3 amide bonds. The number of ether oxygens (including phenoxy) is 1. The van der Waals surface area contributed by atoms with E-state index in [1.54, 1.807) is 12.1 Å². The maximum atomic E-state index is 13.3. The molecule has 4 N–H and O–H groups in total. The average molecular weight is 612 g/mol. The molecule has 0 saturated heterocycles. The van der Waals surface area contributed by atoms with E-state index in [1.807, 2.05) is 44.2 Å². The Morgan fingerprint density at radius 2 is 1.61 bits per heavy atom. The van der Waals surface area contributed by atoms with E-state index in [4.69, 9.17) is 4.65 Å². The first-order chi connectivity index (χ1) is 20.7. The van der Waals surface area contributed by atoms with Gasteiger partial charge >= 0.3 is 13.1 Å². The molecule has 13 nitrogen and oxygen atoms in total. The summed E-state index contributed by atoms with van der Waals surface area (Å²) >= 11 is 0. The lowest BCUT2D eigenvalue weighted by Crippen LogP contribution is -2.58. The summed E-state index contributed by atoms with van der Waals surface area (Å²) in [6, 6.07) is 12.6. The first-order valence-electron chi connectivity index (χ1n) is 14.2. The second-order valence-corrected chi connectivity index (χ2v) is 11.0. The minimum atomic E-state index is -1.88. The third kappa shape index (κ3) is 11.1. The van der Waals surface area contributed by atoms with Crippen molar-refractivity contribution in [3.8, 4) is 11.3 Å². The monoisotopic (exact) mass is 612 g/mol. The minimum absolute atomic E-state index is 0.0152. The van der Waals surface area contributed by atoms with Crippen molar-refractivity contribution in [3.05, 3.63) is 54.2 Å². The zero-order chi connectivity index (χ0) is 33.0. The number of rotatable bonds is 15. The van der Waals surface area contributed by atoms with Crippen molar-refractivity contribution in [1.82, 2.24) is 20.5 Å². The fourth-order valence-corrected chi connectivity index (χ4v) is 4.19. The molecule has 1 heterocycles. The molecule has 2 aromatic rings. The van der Waals surface area contributed by atoms with E-state index >= 15 is 0 Å².